The number of aliphatic hydroxyl groups excluding tert-OH is 1. The number of nitrogens with zero attached hydrogens (tertiary/aromatic N) is 1. The summed E-state index contributed by atoms with van der Waals surface area (Å²) in [4.78, 5) is 13.3. The van der Waals surface area contributed by atoms with Crippen LogP contribution < -0.4 is 15.2 Å². The van der Waals surface area contributed by atoms with Gasteiger partial charge in [0.15, 0.2) is 0 Å². The average Bonchev–Trinajstić information content (AvgIpc) is 2.73. The first-order chi connectivity index (χ1) is 14.5. The molecule has 0 saturated carbocycles. The summed E-state index contributed by atoms with van der Waals surface area (Å²) in [6, 6.07) is 11.9. The lowest BCUT2D eigenvalue weighted by Gasteiger charge is -2.31. The third kappa shape index (κ3) is 5.93. The van der Waals surface area contributed by atoms with Crippen molar-refractivity contribution >= 4 is 5.91 Å². The molecular formula is C23H29FN2O4. The standard InChI is InChI=1S/C23H29FN2O4/c1-2-29-22-6-4-3-5-21(22)17-11-18(24)13-20(12-17)30-15-19(27)14-26-9-7-16(8-10-26)23(25)28/h3-6,11-13,16,19,27H,2,7-10,14-15H2,1H3,(H2,25,28). The fraction of sp³-hybridized carbons (Fsp3) is 0.435. The van der Waals surface area contributed by atoms with Crippen molar-refractivity contribution in [2.24, 2.45) is 11.7 Å². The van der Waals surface area contributed by atoms with Gasteiger partial charge in [-0.25, -0.2) is 4.39 Å². The molecule has 6 nitrogen and oxygen atoms in total. The first-order valence-electron chi connectivity index (χ1n) is 10.3. The number of piperidine rings is 1. The van der Waals surface area contributed by atoms with Crippen LogP contribution in [0.2, 0.25) is 0 Å². The van der Waals surface area contributed by atoms with E-state index in [1.165, 1.54) is 12.1 Å². The van der Waals surface area contributed by atoms with E-state index in [1.54, 1.807) is 6.07 Å². The van der Waals surface area contributed by atoms with E-state index in [2.05, 4.69) is 4.90 Å². The maximum Gasteiger partial charge on any atom is 0.220 e. The second-order valence-corrected chi connectivity index (χ2v) is 7.55. The summed E-state index contributed by atoms with van der Waals surface area (Å²) in [6.07, 6.45) is 0.683. The highest BCUT2D eigenvalue weighted by Crippen LogP contribution is 2.33. The molecule has 1 heterocycles. The van der Waals surface area contributed by atoms with Crippen molar-refractivity contribution in [2.45, 2.75) is 25.9 Å². The summed E-state index contributed by atoms with van der Waals surface area (Å²) >= 11 is 0. The van der Waals surface area contributed by atoms with Crippen LogP contribution in [0.5, 0.6) is 11.5 Å². The molecule has 3 rings (SSSR count). The number of rotatable bonds is 9. The first kappa shape index (κ1) is 22.1. The molecule has 0 bridgehead atoms. The summed E-state index contributed by atoms with van der Waals surface area (Å²) in [6.45, 7) is 4.31. The van der Waals surface area contributed by atoms with Crippen LogP contribution in [0.3, 0.4) is 0 Å². The van der Waals surface area contributed by atoms with Crippen LogP contribution in [0.15, 0.2) is 42.5 Å². The van der Waals surface area contributed by atoms with E-state index in [4.69, 9.17) is 15.2 Å². The van der Waals surface area contributed by atoms with Crippen molar-refractivity contribution in [2.75, 3.05) is 32.8 Å². The van der Waals surface area contributed by atoms with Crippen molar-refractivity contribution in [3.63, 3.8) is 0 Å². The van der Waals surface area contributed by atoms with Gasteiger partial charge in [0.05, 0.1) is 6.61 Å². The number of carbonyl (C=O) groups excluding carboxylic acids is 1. The molecule has 1 fully saturated rings. The van der Waals surface area contributed by atoms with Crippen LogP contribution in [0.1, 0.15) is 19.8 Å². The zero-order valence-corrected chi connectivity index (χ0v) is 17.2. The number of carbonyl (C=O) groups is 1. The summed E-state index contributed by atoms with van der Waals surface area (Å²) in [5.41, 5.74) is 6.78. The van der Waals surface area contributed by atoms with Crippen molar-refractivity contribution in [1.29, 1.82) is 0 Å². The smallest absolute Gasteiger partial charge is 0.220 e. The quantitative estimate of drug-likeness (QED) is 0.657. The zero-order chi connectivity index (χ0) is 21.5. The normalized spacial score (nSPS) is 16.2. The number of ether oxygens (including phenoxy) is 2. The number of hydrogen-bond acceptors (Lipinski definition) is 5. The van der Waals surface area contributed by atoms with Crippen LogP contribution in [0, 0.1) is 11.7 Å². The highest BCUT2D eigenvalue weighted by molar-refractivity contribution is 5.76. The van der Waals surface area contributed by atoms with Crippen molar-refractivity contribution < 1.29 is 23.8 Å². The Morgan fingerprint density at radius 1 is 1.23 bits per heavy atom. The summed E-state index contributed by atoms with van der Waals surface area (Å²) in [5.74, 6) is 0.266. The van der Waals surface area contributed by atoms with Gasteiger partial charge in [-0.2, -0.15) is 0 Å². The summed E-state index contributed by atoms with van der Waals surface area (Å²) in [5, 5.41) is 10.3. The van der Waals surface area contributed by atoms with Crippen LogP contribution in [0.4, 0.5) is 4.39 Å². The predicted octanol–water partition coefficient (Wildman–Crippen LogP) is 2.83. The molecule has 1 amide bonds. The van der Waals surface area contributed by atoms with Gasteiger partial charge < -0.3 is 25.2 Å². The minimum absolute atomic E-state index is 0.0474. The van der Waals surface area contributed by atoms with Gasteiger partial charge in [0.2, 0.25) is 5.91 Å². The number of primary amides is 1. The number of hydrogen-bond donors (Lipinski definition) is 2. The van der Waals surface area contributed by atoms with Crippen molar-refractivity contribution in [3.05, 3.63) is 48.3 Å². The fourth-order valence-corrected chi connectivity index (χ4v) is 3.73. The van der Waals surface area contributed by atoms with Gasteiger partial charge in [-0.05, 0) is 56.6 Å². The molecule has 162 valence electrons. The Bertz CT molecular complexity index is 853. The Balaban J connectivity index is 1.59. The van der Waals surface area contributed by atoms with Crippen LogP contribution in [0.25, 0.3) is 11.1 Å². The number of aliphatic hydroxyl groups is 1. The lowest BCUT2D eigenvalue weighted by Crippen LogP contribution is -2.43. The number of halogens is 1. The van der Waals surface area contributed by atoms with E-state index in [0.29, 0.717) is 56.1 Å². The predicted molar refractivity (Wildman–Crippen MR) is 113 cm³/mol. The largest absolute Gasteiger partial charge is 0.493 e. The van der Waals surface area contributed by atoms with Crippen molar-refractivity contribution in [1.82, 2.24) is 4.90 Å². The molecule has 2 aromatic carbocycles. The lowest BCUT2D eigenvalue weighted by molar-refractivity contribution is -0.123. The van der Waals surface area contributed by atoms with Gasteiger partial charge in [0.25, 0.3) is 0 Å². The Morgan fingerprint density at radius 2 is 1.97 bits per heavy atom. The second-order valence-electron chi connectivity index (χ2n) is 7.55. The lowest BCUT2D eigenvalue weighted by atomic mass is 9.96. The molecule has 1 aliphatic heterocycles. The maximum absolute atomic E-state index is 14.2. The number of nitrogens with two attached hydrogens (primary N) is 1. The Kier molecular flexibility index (Phi) is 7.65. The third-order valence-electron chi connectivity index (χ3n) is 5.27. The number of benzene rings is 2. The maximum atomic E-state index is 14.2. The molecule has 1 aliphatic rings. The van der Waals surface area contributed by atoms with E-state index in [-0.39, 0.29) is 18.4 Å². The molecule has 30 heavy (non-hydrogen) atoms. The van der Waals surface area contributed by atoms with E-state index < -0.39 is 11.9 Å². The first-order valence-corrected chi connectivity index (χ1v) is 10.3. The topological polar surface area (TPSA) is 85.0 Å². The minimum Gasteiger partial charge on any atom is -0.493 e. The van der Waals surface area contributed by atoms with Gasteiger partial charge in [0.1, 0.15) is 30.0 Å². The van der Waals surface area contributed by atoms with E-state index in [1.807, 2.05) is 31.2 Å². The molecule has 7 heteroatoms. The van der Waals surface area contributed by atoms with E-state index >= 15 is 0 Å². The molecule has 0 aliphatic carbocycles. The Morgan fingerprint density at radius 3 is 2.67 bits per heavy atom. The monoisotopic (exact) mass is 416 g/mol. The average molecular weight is 416 g/mol. The molecule has 1 atom stereocenters. The van der Waals surface area contributed by atoms with E-state index in [0.717, 1.165) is 5.56 Å². The van der Waals surface area contributed by atoms with Gasteiger partial charge in [0, 0.05) is 24.1 Å². The number of β-amino-alcohol motifs (C(OH)–C–C–N with tert-alkyl or cyclic N) is 1. The minimum atomic E-state index is -0.724. The van der Waals surface area contributed by atoms with E-state index in [9.17, 15) is 14.3 Å². The zero-order valence-electron chi connectivity index (χ0n) is 17.2. The molecule has 0 radical (unpaired) electrons. The molecular weight excluding hydrogens is 387 g/mol. The highest BCUT2D eigenvalue weighted by Gasteiger charge is 2.24. The van der Waals surface area contributed by atoms with Crippen LogP contribution in [-0.4, -0.2) is 54.9 Å². The SMILES string of the molecule is CCOc1ccccc1-c1cc(F)cc(OCC(O)CN2CCC(C(N)=O)CC2)c1. The van der Waals surface area contributed by atoms with Gasteiger partial charge in [-0.1, -0.05) is 18.2 Å². The van der Waals surface area contributed by atoms with Crippen LogP contribution >= 0.6 is 0 Å². The van der Waals surface area contributed by atoms with Gasteiger partial charge in [-0.15, -0.1) is 0 Å². The summed E-state index contributed by atoms with van der Waals surface area (Å²) in [7, 11) is 0. The molecule has 0 aromatic heterocycles. The molecule has 2 aromatic rings. The Labute approximate surface area is 176 Å². The number of amides is 1. The van der Waals surface area contributed by atoms with Gasteiger partial charge >= 0.3 is 0 Å². The number of likely N-dealkylation sites (tertiary alicyclic amines) is 1. The highest BCUT2D eigenvalue weighted by atomic mass is 19.1. The van der Waals surface area contributed by atoms with Crippen molar-refractivity contribution in [3.8, 4) is 22.6 Å². The molecule has 0 spiro atoms. The summed E-state index contributed by atoms with van der Waals surface area (Å²) < 4.78 is 25.5. The molecule has 3 N–H and O–H groups in total. The fourth-order valence-electron chi connectivity index (χ4n) is 3.73. The number of para-hydroxylation sites is 1. The Hall–Kier alpha value is -2.64. The second kappa shape index (κ2) is 10.4. The molecule has 1 saturated heterocycles. The molecule has 1 unspecified atom stereocenters. The third-order valence-corrected chi connectivity index (χ3v) is 5.27. The van der Waals surface area contributed by atoms with Crippen LogP contribution in [-0.2, 0) is 4.79 Å². The van der Waals surface area contributed by atoms with Gasteiger partial charge in [-0.3, -0.25) is 4.79 Å².